The van der Waals surface area contributed by atoms with Gasteiger partial charge in [-0.1, -0.05) is 30.9 Å². The molecule has 0 unspecified atom stereocenters. The number of hydrogen-bond donors (Lipinski definition) is 1. The number of halogens is 1. The van der Waals surface area contributed by atoms with Gasteiger partial charge >= 0.3 is 0 Å². The first-order valence-corrected chi connectivity index (χ1v) is 6.59. The maximum absolute atomic E-state index is 12.0. The lowest BCUT2D eigenvalue weighted by Crippen LogP contribution is -2.24. The van der Waals surface area contributed by atoms with Gasteiger partial charge in [0.25, 0.3) is 0 Å². The van der Waals surface area contributed by atoms with Crippen LogP contribution in [0.1, 0.15) is 37.7 Å². The van der Waals surface area contributed by atoms with Crippen LogP contribution in [-0.4, -0.2) is 5.91 Å². The molecule has 4 heteroatoms. The number of amides is 1. The molecule has 0 atom stereocenters. The summed E-state index contributed by atoms with van der Waals surface area (Å²) in [6, 6.07) is 6.96. The molecule has 1 aliphatic carbocycles. The van der Waals surface area contributed by atoms with Gasteiger partial charge in [0.15, 0.2) is 0 Å². The monoisotopic (exact) mass is 262 g/mol. The Morgan fingerprint density at radius 3 is 2.67 bits per heavy atom. The summed E-state index contributed by atoms with van der Waals surface area (Å²) in [4.78, 5) is 12.0. The minimum absolute atomic E-state index is 0.0653. The van der Waals surface area contributed by atoms with Gasteiger partial charge in [0.2, 0.25) is 5.91 Å². The van der Waals surface area contributed by atoms with Crippen molar-refractivity contribution < 1.29 is 4.79 Å². The van der Waals surface area contributed by atoms with Crippen LogP contribution in [0, 0.1) is 17.2 Å². The summed E-state index contributed by atoms with van der Waals surface area (Å²) in [5.74, 6) is 0.184. The van der Waals surface area contributed by atoms with Crippen molar-refractivity contribution in [1.29, 1.82) is 5.26 Å². The van der Waals surface area contributed by atoms with Crippen LogP contribution in [0.2, 0.25) is 5.02 Å². The number of carbonyl (C=O) groups is 1. The molecule has 0 aromatic heterocycles. The Balaban J connectivity index is 2.02. The van der Waals surface area contributed by atoms with Crippen molar-refractivity contribution in [3.8, 4) is 6.07 Å². The highest BCUT2D eigenvalue weighted by Gasteiger charge is 2.21. The molecule has 1 saturated carbocycles. The van der Waals surface area contributed by atoms with Crippen molar-refractivity contribution in [2.24, 2.45) is 5.92 Å². The fourth-order valence-corrected chi connectivity index (χ4v) is 2.52. The van der Waals surface area contributed by atoms with E-state index in [4.69, 9.17) is 16.9 Å². The first-order chi connectivity index (χ1) is 8.70. The second-order valence-corrected chi connectivity index (χ2v) is 5.04. The summed E-state index contributed by atoms with van der Waals surface area (Å²) in [5.41, 5.74) is 1.09. The zero-order chi connectivity index (χ0) is 13.0. The summed E-state index contributed by atoms with van der Waals surface area (Å²) in [6.07, 6.45) is 5.43. The summed E-state index contributed by atoms with van der Waals surface area (Å²) < 4.78 is 0. The maximum atomic E-state index is 12.0. The second-order valence-electron chi connectivity index (χ2n) is 4.63. The molecule has 0 spiro atoms. The first kappa shape index (κ1) is 12.9. The normalized spacial score (nSPS) is 16.0. The second kappa shape index (κ2) is 5.88. The summed E-state index contributed by atoms with van der Waals surface area (Å²) in [5, 5.41) is 12.0. The van der Waals surface area contributed by atoms with E-state index in [9.17, 15) is 4.79 Å². The smallest absolute Gasteiger partial charge is 0.227 e. The average molecular weight is 263 g/mol. The van der Waals surface area contributed by atoms with Gasteiger partial charge in [-0.15, -0.1) is 0 Å². The van der Waals surface area contributed by atoms with E-state index >= 15 is 0 Å². The Hall–Kier alpha value is -1.53. The van der Waals surface area contributed by atoms with Gasteiger partial charge in [-0.25, -0.2) is 0 Å². The molecule has 1 aliphatic rings. The van der Waals surface area contributed by atoms with Crippen LogP contribution in [0.3, 0.4) is 0 Å². The number of nitrogens with one attached hydrogen (secondary N) is 1. The average Bonchev–Trinajstić information content (AvgIpc) is 2.40. The van der Waals surface area contributed by atoms with Crippen molar-refractivity contribution in [1.82, 2.24) is 0 Å². The van der Waals surface area contributed by atoms with E-state index in [1.54, 1.807) is 18.2 Å². The minimum atomic E-state index is 0.0653. The van der Waals surface area contributed by atoms with E-state index in [2.05, 4.69) is 5.32 Å². The topological polar surface area (TPSA) is 52.9 Å². The van der Waals surface area contributed by atoms with E-state index in [0.29, 0.717) is 16.3 Å². The van der Waals surface area contributed by atoms with Gasteiger partial charge in [0, 0.05) is 11.6 Å². The van der Waals surface area contributed by atoms with E-state index < -0.39 is 0 Å². The van der Waals surface area contributed by atoms with Crippen molar-refractivity contribution in [2.45, 2.75) is 32.1 Å². The van der Waals surface area contributed by atoms with Crippen LogP contribution < -0.4 is 5.32 Å². The molecular weight excluding hydrogens is 248 g/mol. The molecule has 2 rings (SSSR count). The van der Waals surface area contributed by atoms with E-state index in [0.717, 1.165) is 25.7 Å². The molecule has 0 bridgehead atoms. The van der Waals surface area contributed by atoms with Crippen LogP contribution in [0.25, 0.3) is 0 Å². The van der Waals surface area contributed by atoms with Crippen LogP contribution >= 0.6 is 11.6 Å². The van der Waals surface area contributed by atoms with Gasteiger partial charge in [-0.05, 0) is 31.0 Å². The number of anilines is 1. The number of benzene rings is 1. The highest BCUT2D eigenvalue weighted by atomic mass is 35.5. The fourth-order valence-electron chi connectivity index (χ4n) is 2.29. The molecule has 1 N–H and O–H groups in total. The molecule has 18 heavy (non-hydrogen) atoms. The molecule has 1 fully saturated rings. The van der Waals surface area contributed by atoms with Gasteiger partial charge in [-0.3, -0.25) is 4.79 Å². The Labute approximate surface area is 112 Å². The number of nitrogens with zero attached hydrogens (tertiary/aromatic N) is 1. The van der Waals surface area contributed by atoms with E-state index in [1.807, 2.05) is 6.07 Å². The zero-order valence-electron chi connectivity index (χ0n) is 10.1. The van der Waals surface area contributed by atoms with Crippen LogP contribution in [-0.2, 0) is 4.79 Å². The molecule has 0 radical (unpaired) electrons. The number of carbonyl (C=O) groups excluding carboxylic acids is 1. The number of hydrogen-bond acceptors (Lipinski definition) is 2. The zero-order valence-corrected chi connectivity index (χ0v) is 10.8. The fraction of sp³-hybridized carbons (Fsp3) is 0.429. The predicted molar refractivity (Wildman–Crippen MR) is 71.4 cm³/mol. The minimum Gasteiger partial charge on any atom is -0.326 e. The Bertz CT molecular complexity index is 487. The Morgan fingerprint density at radius 2 is 2.06 bits per heavy atom. The molecular formula is C14H15ClN2O. The summed E-state index contributed by atoms with van der Waals surface area (Å²) in [7, 11) is 0. The third kappa shape index (κ3) is 3.02. The molecule has 0 saturated heterocycles. The highest BCUT2D eigenvalue weighted by Crippen LogP contribution is 2.26. The van der Waals surface area contributed by atoms with Gasteiger partial charge in [0.05, 0.1) is 10.6 Å². The quantitative estimate of drug-likeness (QED) is 0.883. The molecule has 0 heterocycles. The summed E-state index contributed by atoms with van der Waals surface area (Å²) >= 11 is 5.92. The van der Waals surface area contributed by atoms with Crippen molar-refractivity contribution in [2.75, 3.05) is 5.32 Å². The standard InChI is InChI=1S/C14H15ClN2O/c15-13-8-12(7-6-11(13)9-16)17-14(18)10-4-2-1-3-5-10/h6-8,10H,1-5H2,(H,17,18). The Kier molecular flexibility index (Phi) is 4.22. The number of rotatable bonds is 2. The molecule has 1 amide bonds. The van der Waals surface area contributed by atoms with Crippen LogP contribution in [0.15, 0.2) is 18.2 Å². The van der Waals surface area contributed by atoms with Crippen molar-refractivity contribution in [3.63, 3.8) is 0 Å². The highest BCUT2D eigenvalue weighted by molar-refractivity contribution is 6.32. The molecule has 1 aromatic rings. The Morgan fingerprint density at radius 1 is 1.33 bits per heavy atom. The number of nitriles is 1. The first-order valence-electron chi connectivity index (χ1n) is 6.21. The predicted octanol–water partition coefficient (Wildman–Crippen LogP) is 3.73. The van der Waals surface area contributed by atoms with Crippen LogP contribution in [0.4, 0.5) is 5.69 Å². The van der Waals surface area contributed by atoms with E-state index in [-0.39, 0.29) is 11.8 Å². The molecule has 94 valence electrons. The van der Waals surface area contributed by atoms with Crippen molar-refractivity contribution in [3.05, 3.63) is 28.8 Å². The van der Waals surface area contributed by atoms with Gasteiger partial charge < -0.3 is 5.32 Å². The third-order valence-corrected chi connectivity index (χ3v) is 3.65. The lowest BCUT2D eigenvalue weighted by atomic mass is 9.88. The molecule has 3 nitrogen and oxygen atoms in total. The van der Waals surface area contributed by atoms with E-state index in [1.165, 1.54) is 6.42 Å². The molecule has 1 aromatic carbocycles. The van der Waals surface area contributed by atoms with Gasteiger partial charge in [0.1, 0.15) is 6.07 Å². The third-order valence-electron chi connectivity index (χ3n) is 3.33. The van der Waals surface area contributed by atoms with Crippen molar-refractivity contribution >= 4 is 23.2 Å². The largest absolute Gasteiger partial charge is 0.326 e. The molecule has 0 aliphatic heterocycles. The van der Waals surface area contributed by atoms with Crippen LogP contribution in [0.5, 0.6) is 0 Å². The summed E-state index contributed by atoms with van der Waals surface area (Å²) in [6.45, 7) is 0. The van der Waals surface area contributed by atoms with Gasteiger partial charge in [-0.2, -0.15) is 5.26 Å². The lowest BCUT2D eigenvalue weighted by molar-refractivity contribution is -0.120. The maximum Gasteiger partial charge on any atom is 0.227 e. The lowest BCUT2D eigenvalue weighted by Gasteiger charge is -2.20. The SMILES string of the molecule is N#Cc1ccc(NC(=O)C2CCCCC2)cc1Cl.